The summed E-state index contributed by atoms with van der Waals surface area (Å²) in [6.45, 7) is 7.97. The molecule has 0 spiro atoms. The van der Waals surface area contributed by atoms with Crippen LogP contribution >= 0.6 is 0 Å². The molecule has 1 amide bonds. The Labute approximate surface area is 200 Å². The van der Waals surface area contributed by atoms with E-state index in [2.05, 4.69) is 23.6 Å². The van der Waals surface area contributed by atoms with E-state index in [1.165, 1.54) is 0 Å². The molecule has 9 heteroatoms. The number of imidazole rings is 1. The van der Waals surface area contributed by atoms with Crippen molar-refractivity contribution >= 4 is 16.1 Å². The molecule has 0 aliphatic rings. The van der Waals surface area contributed by atoms with Gasteiger partial charge in [-0.05, 0) is 48.9 Å². The van der Waals surface area contributed by atoms with Crippen LogP contribution in [0, 0.1) is 5.92 Å². The van der Waals surface area contributed by atoms with Crippen molar-refractivity contribution < 1.29 is 23.1 Å². The first-order chi connectivity index (χ1) is 15.9. The van der Waals surface area contributed by atoms with Gasteiger partial charge >= 0.3 is 6.09 Å². The largest absolute Gasteiger partial charge is 0.452 e. The third-order valence-electron chi connectivity index (χ3n) is 5.26. The topological polar surface area (TPSA) is 111 Å². The van der Waals surface area contributed by atoms with Crippen LogP contribution in [0.15, 0.2) is 59.8 Å². The van der Waals surface area contributed by atoms with Crippen molar-refractivity contribution in [3.05, 3.63) is 71.8 Å². The van der Waals surface area contributed by atoms with Crippen LogP contribution in [0.5, 0.6) is 0 Å². The summed E-state index contributed by atoms with van der Waals surface area (Å²) >= 11 is 0. The Hall–Kier alpha value is -3.17. The molecule has 0 radical (unpaired) electrons. The Morgan fingerprint density at radius 3 is 2.38 bits per heavy atom. The SMILES string of the molecule is COC(=O)NS(=O)(=O)c1cc(CC(C)C)ccc1-c1ccc(Cn2ccnc2C(C)(C)O)cc1. The number of nitrogens with zero attached hydrogens (tertiary/aromatic N) is 2. The Balaban J connectivity index is 1.97. The number of nitrogens with one attached hydrogen (secondary N) is 1. The first kappa shape index (κ1) is 25.5. The van der Waals surface area contributed by atoms with Gasteiger partial charge in [0.1, 0.15) is 11.4 Å². The van der Waals surface area contributed by atoms with Crippen LogP contribution in [0.25, 0.3) is 11.1 Å². The summed E-state index contributed by atoms with van der Waals surface area (Å²) in [5.41, 5.74) is 1.92. The lowest BCUT2D eigenvalue weighted by Gasteiger charge is -2.19. The lowest BCUT2D eigenvalue weighted by Crippen LogP contribution is -2.30. The molecule has 1 aromatic heterocycles. The summed E-state index contributed by atoms with van der Waals surface area (Å²) in [6.07, 6.45) is 3.11. The summed E-state index contributed by atoms with van der Waals surface area (Å²) in [5, 5.41) is 10.3. The maximum absolute atomic E-state index is 13.0. The number of benzene rings is 2. The molecule has 0 saturated heterocycles. The van der Waals surface area contributed by atoms with E-state index in [1.807, 2.05) is 39.6 Å². The number of carbonyl (C=O) groups excluding carboxylic acids is 1. The smallest absolute Gasteiger partial charge is 0.420 e. The number of sulfonamides is 1. The Kier molecular flexibility index (Phi) is 7.48. The second-order valence-electron chi connectivity index (χ2n) is 9.16. The standard InChI is InChI=1S/C25H31N3O5S/c1-17(2)14-19-8-11-21(22(15-19)34(31,32)27-24(29)33-5)20-9-6-18(7-10-20)16-28-13-12-26-23(28)25(3,4)30/h6-13,15,17,30H,14,16H2,1-5H3,(H,27,29). The summed E-state index contributed by atoms with van der Waals surface area (Å²) < 4.78 is 34.3. The van der Waals surface area contributed by atoms with Crippen LogP contribution in [0.3, 0.4) is 0 Å². The summed E-state index contributed by atoms with van der Waals surface area (Å²) in [5.74, 6) is 0.894. The van der Waals surface area contributed by atoms with E-state index in [9.17, 15) is 18.3 Å². The van der Waals surface area contributed by atoms with Gasteiger partial charge in [0.05, 0.1) is 12.0 Å². The molecule has 1 heterocycles. The second-order valence-corrected chi connectivity index (χ2v) is 10.8. The van der Waals surface area contributed by atoms with E-state index in [1.54, 1.807) is 38.4 Å². The van der Waals surface area contributed by atoms with Crippen molar-refractivity contribution in [3.8, 4) is 11.1 Å². The number of aliphatic hydroxyl groups is 1. The minimum absolute atomic E-state index is 0.0164. The number of amides is 1. The van der Waals surface area contributed by atoms with Crippen molar-refractivity contribution in [1.82, 2.24) is 14.3 Å². The van der Waals surface area contributed by atoms with Gasteiger partial charge in [0.15, 0.2) is 0 Å². The average Bonchev–Trinajstić information content (AvgIpc) is 3.22. The molecule has 8 nitrogen and oxygen atoms in total. The molecular formula is C25H31N3O5S. The Morgan fingerprint density at radius 2 is 1.79 bits per heavy atom. The summed E-state index contributed by atoms with van der Waals surface area (Å²) in [6, 6.07) is 12.7. The highest BCUT2D eigenvalue weighted by molar-refractivity contribution is 7.90. The number of hydrogen-bond donors (Lipinski definition) is 2. The number of hydrogen-bond acceptors (Lipinski definition) is 6. The molecule has 0 bridgehead atoms. The number of aromatic nitrogens is 2. The van der Waals surface area contributed by atoms with Gasteiger partial charge in [-0.25, -0.2) is 22.9 Å². The van der Waals surface area contributed by atoms with Crippen molar-refractivity contribution in [3.63, 3.8) is 0 Å². The Bertz CT molecular complexity index is 1260. The summed E-state index contributed by atoms with van der Waals surface area (Å²) in [4.78, 5) is 15.9. The predicted molar refractivity (Wildman–Crippen MR) is 130 cm³/mol. The molecule has 3 rings (SSSR count). The van der Waals surface area contributed by atoms with Crippen LogP contribution in [0.4, 0.5) is 4.79 Å². The molecule has 2 aromatic carbocycles. The maximum atomic E-state index is 13.0. The fourth-order valence-electron chi connectivity index (χ4n) is 3.78. The van der Waals surface area contributed by atoms with Gasteiger partial charge in [-0.2, -0.15) is 0 Å². The monoisotopic (exact) mass is 485 g/mol. The number of rotatable bonds is 8. The zero-order chi connectivity index (χ0) is 25.1. The number of ether oxygens (including phenoxy) is 1. The predicted octanol–water partition coefficient (Wildman–Crippen LogP) is 4.07. The molecule has 0 saturated carbocycles. The van der Waals surface area contributed by atoms with Crippen LogP contribution in [-0.4, -0.2) is 36.3 Å². The molecule has 182 valence electrons. The van der Waals surface area contributed by atoms with E-state index >= 15 is 0 Å². The van der Waals surface area contributed by atoms with Gasteiger partial charge in [-0.1, -0.05) is 50.2 Å². The molecule has 0 aliphatic carbocycles. The molecule has 0 atom stereocenters. The molecule has 34 heavy (non-hydrogen) atoms. The minimum atomic E-state index is -4.15. The van der Waals surface area contributed by atoms with Gasteiger partial charge in [-0.15, -0.1) is 0 Å². The molecular weight excluding hydrogens is 454 g/mol. The Morgan fingerprint density at radius 1 is 1.15 bits per heavy atom. The lowest BCUT2D eigenvalue weighted by atomic mass is 9.98. The van der Waals surface area contributed by atoms with Crippen LogP contribution in [-0.2, 0) is 33.3 Å². The van der Waals surface area contributed by atoms with E-state index in [4.69, 9.17) is 0 Å². The highest BCUT2D eigenvalue weighted by Crippen LogP contribution is 2.30. The van der Waals surface area contributed by atoms with Crippen LogP contribution in [0.1, 0.15) is 44.6 Å². The number of carbonyl (C=O) groups is 1. The van der Waals surface area contributed by atoms with Gasteiger partial charge in [-0.3, -0.25) is 0 Å². The second kappa shape index (κ2) is 9.99. The van der Waals surface area contributed by atoms with Crippen molar-refractivity contribution in [2.24, 2.45) is 5.92 Å². The highest BCUT2D eigenvalue weighted by atomic mass is 32.2. The molecule has 3 aromatic rings. The third kappa shape index (κ3) is 6.03. The third-order valence-corrected chi connectivity index (χ3v) is 6.62. The van der Waals surface area contributed by atoms with Gasteiger partial charge < -0.3 is 14.4 Å². The highest BCUT2D eigenvalue weighted by Gasteiger charge is 2.24. The normalized spacial score (nSPS) is 12.1. The van der Waals surface area contributed by atoms with E-state index < -0.39 is 21.7 Å². The van der Waals surface area contributed by atoms with E-state index in [0.717, 1.165) is 18.2 Å². The molecule has 2 N–H and O–H groups in total. The minimum Gasteiger partial charge on any atom is -0.452 e. The fraction of sp³-hybridized carbons (Fsp3) is 0.360. The zero-order valence-electron chi connectivity index (χ0n) is 20.1. The lowest BCUT2D eigenvalue weighted by molar-refractivity contribution is 0.0652. The zero-order valence-corrected chi connectivity index (χ0v) is 20.9. The van der Waals surface area contributed by atoms with Crippen LogP contribution < -0.4 is 4.72 Å². The first-order valence-corrected chi connectivity index (χ1v) is 12.5. The van der Waals surface area contributed by atoms with E-state index in [0.29, 0.717) is 35.8 Å². The van der Waals surface area contributed by atoms with Gasteiger partial charge in [0, 0.05) is 24.5 Å². The van der Waals surface area contributed by atoms with Gasteiger partial charge in [0.25, 0.3) is 10.0 Å². The van der Waals surface area contributed by atoms with Gasteiger partial charge in [0.2, 0.25) is 0 Å². The first-order valence-electron chi connectivity index (χ1n) is 11.0. The summed E-state index contributed by atoms with van der Waals surface area (Å²) in [7, 11) is -3.03. The maximum Gasteiger partial charge on any atom is 0.420 e. The molecule has 0 fully saturated rings. The van der Waals surface area contributed by atoms with Crippen molar-refractivity contribution in [1.29, 1.82) is 0 Å². The number of methoxy groups -OCH3 is 1. The molecule has 0 unspecified atom stereocenters. The van der Waals surface area contributed by atoms with Crippen LogP contribution in [0.2, 0.25) is 0 Å². The van der Waals surface area contributed by atoms with E-state index in [-0.39, 0.29) is 4.90 Å². The molecule has 0 aliphatic heterocycles. The average molecular weight is 486 g/mol. The van der Waals surface area contributed by atoms with Crippen molar-refractivity contribution in [2.75, 3.05) is 7.11 Å². The van der Waals surface area contributed by atoms with Crippen molar-refractivity contribution in [2.45, 2.75) is 51.2 Å². The quantitative estimate of drug-likeness (QED) is 0.498. The fourth-order valence-corrected chi connectivity index (χ4v) is 4.98.